The van der Waals surface area contributed by atoms with Gasteiger partial charge in [-0.1, -0.05) is 6.08 Å². The molecule has 2 heterocycles. The number of rotatable bonds is 3. The second kappa shape index (κ2) is 5.58. The average Bonchev–Trinajstić information content (AvgIpc) is 2.38. The van der Waals surface area contributed by atoms with Crippen molar-refractivity contribution in [3.8, 4) is 0 Å². The topological polar surface area (TPSA) is 59.3 Å². The summed E-state index contributed by atoms with van der Waals surface area (Å²) in [7, 11) is 0. The number of aromatic nitrogens is 1. The summed E-state index contributed by atoms with van der Waals surface area (Å²) in [6, 6.07) is 2.86. The van der Waals surface area contributed by atoms with E-state index in [1.54, 1.807) is 12.1 Å². The lowest BCUT2D eigenvalue weighted by Crippen LogP contribution is -2.36. The molecule has 5 nitrogen and oxygen atoms in total. The van der Waals surface area contributed by atoms with E-state index in [0.29, 0.717) is 18.5 Å². The van der Waals surface area contributed by atoms with Crippen molar-refractivity contribution in [3.63, 3.8) is 0 Å². The first-order valence-corrected chi connectivity index (χ1v) is 5.94. The largest absolute Gasteiger partial charge is 0.401 e. The van der Waals surface area contributed by atoms with Crippen LogP contribution in [0.2, 0.25) is 0 Å². The fourth-order valence-corrected chi connectivity index (χ4v) is 2.05. The van der Waals surface area contributed by atoms with E-state index >= 15 is 0 Å². The third kappa shape index (κ3) is 3.77. The lowest BCUT2D eigenvalue weighted by Gasteiger charge is -2.26. The smallest absolute Gasteiger partial charge is 0.358 e. The molecule has 0 spiro atoms. The molecule has 0 bridgehead atoms. The molecule has 0 atom stereocenters. The number of nitro groups is 1. The molecule has 0 radical (unpaired) electrons. The Morgan fingerprint density at radius 3 is 2.60 bits per heavy atom. The third-order valence-corrected chi connectivity index (χ3v) is 3.00. The maximum atomic E-state index is 12.2. The quantitative estimate of drug-likeness (QED) is 0.633. The monoisotopic (exact) mass is 287 g/mol. The van der Waals surface area contributed by atoms with Gasteiger partial charge < -0.3 is 10.1 Å². The number of hydrogen-bond donors (Lipinski definition) is 0. The molecule has 20 heavy (non-hydrogen) atoms. The van der Waals surface area contributed by atoms with Crippen LogP contribution in [-0.4, -0.2) is 40.6 Å². The lowest BCUT2D eigenvalue weighted by molar-refractivity contribution is -0.389. The van der Waals surface area contributed by atoms with Crippen molar-refractivity contribution in [3.05, 3.63) is 40.1 Å². The fraction of sp³-hybridized carbons (Fsp3) is 0.417. The van der Waals surface area contributed by atoms with Gasteiger partial charge in [-0.05, 0) is 28.0 Å². The minimum absolute atomic E-state index is 0.214. The maximum Gasteiger partial charge on any atom is 0.401 e. The van der Waals surface area contributed by atoms with Gasteiger partial charge in [0.05, 0.1) is 6.54 Å². The van der Waals surface area contributed by atoms with Gasteiger partial charge >= 0.3 is 12.0 Å². The fourth-order valence-electron chi connectivity index (χ4n) is 2.05. The first kappa shape index (κ1) is 14.4. The van der Waals surface area contributed by atoms with Crippen LogP contribution in [0.5, 0.6) is 0 Å². The Kier molecular flexibility index (Phi) is 4.03. The van der Waals surface area contributed by atoms with E-state index in [2.05, 4.69) is 4.98 Å². The molecule has 1 aromatic rings. The van der Waals surface area contributed by atoms with Gasteiger partial charge in [0.2, 0.25) is 0 Å². The molecule has 0 amide bonds. The van der Waals surface area contributed by atoms with E-state index in [1.807, 2.05) is 0 Å². The molecule has 0 aromatic carbocycles. The predicted octanol–water partition coefficient (Wildman–Crippen LogP) is 2.64. The third-order valence-electron chi connectivity index (χ3n) is 3.00. The van der Waals surface area contributed by atoms with Crippen molar-refractivity contribution in [2.24, 2.45) is 0 Å². The first-order valence-electron chi connectivity index (χ1n) is 5.94. The first-order chi connectivity index (χ1) is 9.35. The van der Waals surface area contributed by atoms with Crippen molar-refractivity contribution < 1.29 is 18.1 Å². The van der Waals surface area contributed by atoms with Crippen molar-refractivity contribution in [2.75, 3.05) is 19.6 Å². The summed E-state index contributed by atoms with van der Waals surface area (Å²) in [4.78, 5) is 14.9. The molecular formula is C12H12F3N3O2. The zero-order chi connectivity index (χ0) is 14.8. The highest BCUT2D eigenvalue weighted by molar-refractivity contribution is 5.66. The molecule has 0 unspecified atom stereocenters. The Labute approximate surface area is 112 Å². The van der Waals surface area contributed by atoms with Crippen molar-refractivity contribution in [2.45, 2.75) is 12.6 Å². The molecule has 1 aliphatic heterocycles. The molecule has 108 valence electrons. The summed E-state index contributed by atoms with van der Waals surface area (Å²) >= 11 is 0. The van der Waals surface area contributed by atoms with Gasteiger partial charge in [0, 0.05) is 24.7 Å². The van der Waals surface area contributed by atoms with E-state index in [9.17, 15) is 23.3 Å². The lowest BCUT2D eigenvalue weighted by atomic mass is 10.0. The van der Waals surface area contributed by atoms with Crippen LogP contribution in [0.1, 0.15) is 12.0 Å². The van der Waals surface area contributed by atoms with Crippen LogP contribution in [0.25, 0.3) is 5.57 Å². The Morgan fingerprint density at radius 2 is 2.15 bits per heavy atom. The summed E-state index contributed by atoms with van der Waals surface area (Å²) in [6.07, 6.45) is -0.642. The van der Waals surface area contributed by atoms with Crippen molar-refractivity contribution in [1.82, 2.24) is 9.88 Å². The normalized spacial score (nSPS) is 16.9. The van der Waals surface area contributed by atoms with Crippen LogP contribution in [0.3, 0.4) is 0 Å². The summed E-state index contributed by atoms with van der Waals surface area (Å²) in [5.74, 6) is -0.246. The van der Waals surface area contributed by atoms with Gasteiger partial charge in [-0.2, -0.15) is 13.2 Å². The molecule has 1 aliphatic rings. The van der Waals surface area contributed by atoms with Crippen LogP contribution in [-0.2, 0) is 0 Å². The van der Waals surface area contributed by atoms with Crippen molar-refractivity contribution >= 4 is 11.4 Å². The summed E-state index contributed by atoms with van der Waals surface area (Å²) in [5, 5.41) is 10.5. The number of nitrogens with zero attached hydrogens (tertiary/aromatic N) is 3. The number of alkyl halides is 3. The number of hydrogen-bond acceptors (Lipinski definition) is 4. The number of pyridine rings is 1. The van der Waals surface area contributed by atoms with Crippen LogP contribution < -0.4 is 0 Å². The molecule has 0 fully saturated rings. The van der Waals surface area contributed by atoms with Crippen LogP contribution in [0, 0.1) is 10.1 Å². The van der Waals surface area contributed by atoms with Gasteiger partial charge in [0.1, 0.15) is 6.20 Å². The molecule has 0 N–H and O–H groups in total. The standard InChI is InChI=1S/C12H12F3N3O2/c13-12(14,15)8-17-5-3-9(4-6-17)10-1-2-11(16-7-10)18(19)20/h1-3,7H,4-6,8H2. The minimum Gasteiger partial charge on any atom is -0.358 e. The highest BCUT2D eigenvalue weighted by Crippen LogP contribution is 2.25. The highest BCUT2D eigenvalue weighted by atomic mass is 19.4. The van der Waals surface area contributed by atoms with E-state index in [1.165, 1.54) is 17.2 Å². The Balaban J connectivity index is 2.03. The highest BCUT2D eigenvalue weighted by Gasteiger charge is 2.31. The van der Waals surface area contributed by atoms with E-state index in [0.717, 1.165) is 5.57 Å². The second-order valence-corrected chi connectivity index (χ2v) is 4.49. The molecule has 8 heteroatoms. The van der Waals surface area contributed by atoms with Gasteiger partial charge in [-0.3, -0.25) is 4.90 Å². The maximum absolute atomic E-state index is 12.2. The summed E-state index contributed by atoms with van der Waals surface area (Å²) in [5.41, 5.74) is 1.58. The zero-order valence-electron chi connectivity index (χ0n) is 10.4. The van der Waals surface area contributed by atoms with E-state index in [-0.39, 0.29) is 12.4 Å². The summed E-state index contributed by atoms with van der Waals surface area (Å²) in [6.45, 7) is -0.399. The van der Waals surface area contributed by atoms with Crippen LogP contribution in [0.4, 0.5) is 19.0 Å². The molecule has 2 rings (SSSR count). The van der Waals surface area contributed by atoms with Gasteiger partial charge in [0.15, 0.2) is 0 Å². The number of halogens is 3. The van der Waals surface area contributed by atoms with Crippen LogP contribution in [0.15, 0.2) is 24.4 Å². The molecule has 0 saturated carbocycles. The summed E-state index contributed by atoms with van der Waals surface area (Å²) < 4.78 is 36.7. The average molecular weight is 287 g/mol. The molecule has 0 saturated heterocycles. The Bertz CT molecular complexity index is 526. The second-order valence-electron chi connectivity index (χ2n) is 4.49. The van der Waals surface area contributed by atoms with E-state index < -0.39 is 17.6 Å². The van der Waals surface area contributed by atoms with Gasteiger partial charge in [-0.25, -0.2) is 0 Å². The zero-order valence-corrected chi connectivity index (χ0v) is 10.4. The van der Waals surface area contributed by atoms with E-state index in [4.69, 9.17) is 0 Å². The van der Waals surface area contributed by atoms with Crippen molar-refractivity contribution in [1.29, 1.82) is 0 Å². The van der Waals surface area contributed by atoms with Gasteiger partial charge in [0.25, 0.3) is 0 Å². The van der Waals surface area contributed by atoms with Gasteiger partial charge in [-0.15, -0.1) is 0 Å². The molecule has 0 aliphatic carbocycles. The van der Waals surface area contributed by atoms with Crippen LogP contribution >= 0.6 is 0 Å². The molecule has 1 aromatic heterocycles. The molecular weight excluding hydrogens is 275 g/mol. The SMILES string of the molecule is O=[N+]([O-])c1ccc(C2=CCN(CC(F)(F)F)CC2)cn1. The minimum atomic E-state index is -4.19. The Morgan fingerprint density at radius 1 is 1.40 bits per heavy atom. The Hall–Kier alpha value is -1.96. The predicted molar refractivity (Wildman–Crippen MR) is 66.0 cm³/mol.